The molecule has 2 aromatic rings. The Bertz CT molecular complexity index is 821. The van der Waals surface area contributed by atoms with Gasteiger partial charge < -0.3 is 20.3 Å². The first-order chi connectivity index (χ1) is 14.4. The summed E-state index contributed by atoms with van der Waals surface area (Å²) in [6.45, 7) is 4.22. The van der Waals surface area contributed by atoms with Crippen molar-refractivity contribution in [1.29, 1.82) is 0 Å². The summed E-state index contributed by atoms with van der Waals surface area (Å²) in [7, 11) is 5.56. The average molecular weight is 413 g/mol. The SMILES string of the molecule is CCNC(=O)N(Cc1ccccc1OC)c1ccc(CC(=O)NCCN(C)C)cc1. The average Bonchev–Trinajstić information content (AvgIpc) is 2.73. The molecule has 0 bridgehead atoms. The van der Waals surface area contributed by atoms with Gasteiger partial charge in [0.15, 0.2) is 0 Å². The molecule has 0 unspecified atom stereocenters. The zero-order valence-corrected chi connectivity index (χ0v) is 18.3. The normalized spacial score (nSPS) is 10.6. The van der Waals surface area contributed by atoms with Crippen LogP contribution in [0.25, 0.3) is 0 Å². The minimum atomic E-state index is -0.183. The van der Waals surface area contributed by atoms with Crippen molar-refractivity contribution in [1.82, 2.24) is 15.5 Å². The van der Waals surface area contributed by atoms with Gasteiger partial charge in [-0.2, -0.15) is 0 Å². The van der Waals surface area contributed by atoms with Crippen molar-refractivity contribution < 1.29 is 14.3 Å². The number of amides is 3. The van der Waals surface area contributed by atoms with Gasteiger partial charge in [0.1, 0.15) is 5.75 Å². The summed E-state index contributed by atoms with van der Waals surface area (Å²) >= 11 is 0. The lowest BCUT2D eigenvalue weighted by Crippen LogP contribution is -2.39. The molecular weight excluding hydrogens is 380 g/mol. The van der Waals surface area contributed by atoms with E-state index in [0.29, 0.717) is 26.1 Å². The van der Waals surface area contributed by atoms with E-state index in [9.17, 15) is 9.59 Å². The molecular formula is C23H32N4O3. The van der Waals surface area contributed by atoms with Crippen LogP contribution in [0.3, 0.4) is 0 Å². The molecule has 0 fully saturated rings. The molecule has 2 aromatic carbocycles. The van der Waals surface area contributed by atoms with E-state index in [1.54, 1.807) is 12.0 Å². The van der Waals surface area contributed by atoms with E-state index in [4.69, 9.17) is 4.74 Å². The number of nitrogens with one attached hydrogen (secondary N) is 2. The summed E-state index contributed by atoms with van der Waals surface area (Å²) in [5.74, 6) is 0.719. The first kappa shape index (κ1) is 23.2. The molecule has 7 heteroatoms. The molecule has 0 spiro atoms. The van der Waals surface area contributed by atoms with E-state index in [0.717, 1.165) is 29.1 Å². The van der Waals surface area contributed by atoms with Gasteiger partial charge in [0, 0.05) is 30.9 Å². The summed E-state index contributed by atoms with van der Waals surface area (Å²) in [4.78, 5) is 28.5. The van der Waals surface area contributed by atoms with Gasteiger partial charge >= 0.3 is 6.03 Å². The number of anilines is 1. The van der Waals surface area contributed by atoms with Gasteiger partial charge in [-0.1, -0.05) is 30.3 Å². The van der Waals surface area contributed by atoms with Crippen molar-refractivity contribution in [3.8, 4) is 5.75 Å². The molecule has 0 heterocycles. The van der Waals surface area contributed by atoms with Crippen LogP contribution in [0, 0.1) is 0 Å². The van der Waals surface area contributed by atoms with Crippen LogP contribution in [0.1, 0.15) is 18.1 Å². The van der Waals surface area contributed by atoms with Crippen LogP contribution in [0.15, 0.2) is 48.5 Å². The Morgan fingerprint density at radius 1 is 1.00 bits per heavy atom. The van der Waals surface area contributed by atoms with Crippen LogP contribution in [0.4, 0.5) is 10.5 Å². The number of rotatable bonds is 10. The van der Waals surface area contributed by atoms with Gasteiger partial charge in [-0.3, -0.25) is 9.69 Å². The van der Waals surface area contributed by atoms with Crippen molar-refractivity contribution in [3.05, 3.63) is 59.7 Å². The van der Waals surface area contributed by atoms with Gasteiger partial charge in [0.25, 0.3) is 0 Å². The van der Waals surface area contributed by atoms with Gasteiger partial charge in [-0.25, -0.2) is 4.79 Å². The standard InChI is InChI=1S/C23H32N4O3/c1-5-24-23(29)27(17-19-8-6-7-9-21(19)30-4)20-12-10-18(11-13-20)16-22(28)25-14-15-26(2)3/h6-13H,5,14-17H2,1-4H3,(H,24,29)(H,25,28). The van der Waals surface area contributed by atoms with Crippen LogP contribution in [-0.2, 0) is 17.8 Å². The minimum Gasteiger partial charge on any atom is -0.496 e. The fraction of sp³-hybridized carbons (Fsp3) is 0.391. The molecule has 30 heavy (non-hydrogen) atoms. The second-order valence-corrected chi connectivity index (χ2v) is 7.23. The minimum absolute atomic E-state index is 0.0146. The predicted octanol–water partition coefficient (Wildman–Crippen LogP) is 2.65. The Balaban J connectivity index is 2.11. The summed E-state index contributed by atoms with van der Waals surface area (Å²) in [6, 6.07) is 15.0. The Hall–Kier alpha value is -3.06. The number of hydrogen-bond acceptors (Lipinski definition) is 4. The predicted molar refractivity (Wildman–Crippen MR) is 120 cm³/mol. The maximum Gasteiger partial charge on any atom is 0.322 e. The number of nitrogens with zero attached hydrogens (tertiary/aromatic N) is 2. The summed E-state index contributed by atoms with van der Waals surface area (Å²) in [6.07, 6.45) is 0.307. The number of urea groups is 1. The third kappa shape index (κ3) is 7.08. The fourth-order valence-electron chi connectivity index (χ4n) is 2.99. The second kappa shape index (κ2) is 11.8. The van der Waals surface area contributed by atoms with Crippen LogP contribution >= 0.6 is 0 Å². The molecule has 0 saturated heterocycles. The molecule has 2 rings (SSSR count). The summed E-state index contributed by atoms with van der Waals surface area (Å²) < 4.78 is 5.43. The highest BCUT2D eigenvalue weighted by atomic mass is 16.5. The highest BCUT2D eigenvalue weighted by Gasteiger charge is 2.17. The highest BCUT2D eigenvalue weighted by Crippen LogP contribution is 2.24. The van der Waals surface area contributed by atoms with E-state index in [-0.39, 0.29) is 11.9 Å². The lowest BCUT2D eigenvalue weighted by atomic mass is 10.1. The van der Waals surface area contributed by atoms with Crippen molar-refractivity contribution in [2.45, 2.75) is 19.9 Å². The van der Waals surface area contributed by atoms with E-state index in [2.05, 4.69) is 10.6 Å². The molecule has 3 amide bonds. The number of hydrogen-bond donors (Lipinski definition) is 2. The number of benzene rings is 2. The molecule has 0 aliphatic carbocycles. The van der Waals surface area contributed by atoms with Crippen molar-refractivity contribution in [2.75, 3.05) is 45.7 Å². The van der Waals surface area contributed by atoms with Crippen LogP contribution in [-0.4, -0.2) is 57.7 Å². The van der Waals surface area contributed by atoms with Crippen molar-refractivity contribution in [2.24, 2.45) is 0 Å². The van der Waals surface area contributed by atoms with Gasteiger partial charge in [-0.05, 0) is 44.8 Å². The first-order valence-corrected chi connectivity index (χ1v) is 10.1. The highest BCUT2D eigenvalue weighted by molar-refractivity contribution is 5.92. The van der Waals surface area contributed by atoms with Gasteiger partial charge in [-0.15, -0.1) is 0 Å². The number of ether oxygens (including phenoxy) is 1. The molecule has 0 aliphatic heterocycles. The van der Waals surface area contributed by atoms with E-state index in [1.165, 1.54) is 0 Å². The second-order valence-electron chi connectivity index (χ2n) is 7.23. The Morgan fingerprint density at radius 3 is 2.33 bits per heavy atom. The summed E-state index contributed by atoms with van der Waals surface area (Å²) in [5, 5.41) is 5.77. The Labute approximate surface area is 179 Å². The molecule has 7 nitrogen and oxygen atoms in total. The summed E-state index contributed by atoms with van der Waals surface area (Å²) in [5.41, 5.74) is 2.56. The monoisotopic (exact) mass is 412 g/mol. The van der Waals surface area contributed by atoms with E-state index >= 15 is 0 Å². The molecule has 2 N–H and O–H groups in total. The molecule has 0 atom stereocenters. The topological polar surface area (TPSA) is 73.9 Å². The van der Waals surface area contributed by atoms with Gasteiger partial charge in [0.2, 0.25) is 5.91 Å². The maximum atomic E-state index is 12.7. The zero-order chi connectivity index (χ0) is 21.9. The molecule has 162 valence electrons. The van der Waals surface area contributed by atoms with E-state index in [1.807, 2.05) is 74.4 Å². The third-order valence-electron chi connectivity index (χ3n) is 4.59. The fourth-order valence-corrected chi connectivity index (χ4v) is 2.99. The lowest BCUT2D eigenvalue weighted by Gasteiger charge is -2.24. The van der Waals surface area contributed by atoms with E-state index < -0.39 is 0 Å². The Kier molecular flexibility index (Phi) is 9.15. The smallest absolute Gasteiger partial charge is 0.322 e. The van der Waals surface area contributed by atoms with Crippen LogP contribution in [0.2, 0.25) is 0 Å². The number of carbonyl (C=O) groups is 2. The number of carbonyl (C=O) groups excluding carboxylic acids is 2. The van der Waals surface area contributed by atoms with Crippen molar-refractivity contribution in [3.63, 3.8) is 0 Å². The quantitative estimate of drug-likeness (QED) is 0.629. The first-order valence-electron chi connectivity index (χ1n) is 10.1. The number of para-hydroxylation sites is 1. The number of likely N-dealkylation sites (N-methyl/N-ethyl adjacent to an activating group) is 1. The van der Waals surface area contributed by atoms with Crippen LogP contribution in [0.5, 0.6) is 5.75 Å². The maximum absolute atomic E-state index is 12.7. The zero-order valence-electron chi connectivity index (χ0n) is 18.3. The molecule has 0 aliphatic rings. The van der Waals surface area contributed by atoms with Crippen molar-refractivity contribution >= 4 is 17.6 Å². The lowest BCUT2D eigenvalue weighted by molar-refractivity contribution is -0.120. The number of methoxy groups -OCH3 is 1. The Morgan fingerprint density at radius 2 is 1.70 bits per heavy atom. The molecule has 0 aromatic heterocycles. The largest absolute Gasteiger partial charge is 0.496 e. The van der Waals surface area contributed by atoms with Gasteiger partial charge in [0.05, 0.1) is 20.1 Å². The molecule has 0 saturated carbocycles. The van der Waals surface area contributed by atoms with Crippen LogP contribution < -0.4 is 20.3 Å². The molecule has 0 radical (unpaired) electrons. The third-order valence-corrected chi connectivity index (χ3v) is 4.59.